The van der Waals surface area contributed by atoms with Gasteiger partial charge in [-0.3, -0.25) is 4.79 Å². The van der Waals surface area contributed by atoms with E-state index in [1.165, 1.54) is 6.08 Å². The van der Waals surface area contributed by atoms with Gasteiger partial charge in [0.25, 0.3) is 0 Å². The highest BCUT2D eigenvalue weighted by Gasteiger charge is 2.07. The van der Waals surface area contributed by atoms with E-state index in [1.807, 2.05) is 30.3 Å². The number of phenolic OH excluding ortho intramolecular Hbond substituents is 2. The van der Waals surface area contributed by atoms with Gasteiger partial charge in [-0.15, -0.1) is 0 Å². The summed E-state index contributed by atoms with van der Waals surface area (Å²) in [6.45, 7) is 0. The molecule has 0 aromatic heterocycles. The molecular formula is C20H17NO3. The molecule has 3 N–H and O–H groups in total. The molecule has 0 radical (unpaired) electrons. The van der Waals surface area contributed by atoms with E-state index in [-0.39, 0.29) is 17.4 Å². The molecule has 0 aliphatic heterocycles. The Bertz CT molecular complexity index is 945. The van der Waals surface area contributed by atoms with Crippen molar-refractivity contribution in [3.63, 3.8) is 0 Å². The Balaban J connectivity index is 2.10. The highest BCUT2D eigenvalue weighted by atomic mass is 16.3. The standard InChI is InChI=1S/C20H17NO3/c1-21-20(24)10-8-18-17-7-5-14(11-15(17)6-9-19(18)23)13-3-2-4-16(22)12-13/h2-12,22-23H,1H3,(H,21,24)/b10-8+. The number of aromatic hydroxyl groups is 2. The van der Waals surface area contributed by atoms with Crippen LogP contribution in [-0.2, 0) is 4.79 Å². The maximum absolute atomic E-state index is 11.4. The highest BCUT2D eigenvalue weighted by molar-refractivity contribution is 5.99. The molecule has 4 heteroatoms. The Morgan fingerprint density at radius 1 is 1.00 bits per heavy atom. The molecular weight excluding hydrogens is 302 g/mol. The van der Waals surface area contributed by atoms with Gasteiger partial charge in [-0.1, -0.05) is 30.3 Å². The number of phenols is 2. The van der Waals surface area contributed by atoms with Gasteiger partial charge in [-0.2, -0.15) is 0 Å². The van der Waals surface area contributed by atoms with Gasteiger partial charge in [0.2, 0.25) is 5.91 Å². The number of amides is 1. The Labute approximate surface area is 139 Å². The highest BCUT2D eigenvalue weighted by Crippen LogP contribution is 2.32. The largest absolute Gasteiger partial charge is 0.508 e. The van der Waals surface area contributed by atoms with Crippen LogP contribution in [-0.4, -0.2) is 23.2 Å². The maximum atomic E-state index is 11.4. The summed E-state index contributed by atoms with van der Waals surface area (Å²) >= 11 is 0. The second-order valence-electron chi connectivity index (χ2n) is 5.43. The fraction of sp³-hybridized carbons (Fsp3) is 0.0500. The number of fused-ring (bicyclic) bond motifs is 1. The van der Waals surface area contributed by atoms with Gasteiger partial charge in [0.1, 0.15) is 11.5 Å². The first-order valence-corrected chi connectivity index (χ1v) is 7.53. The number of hydrogen-bond donors (Lipinski definition) is 3. The molecule has 0 aliphatic carbocycles. The summed E-state index contributed by atoms with van der Waals surface area (Å²) in [4.78, 5) is 11.4. The average Bonchev–Trinajstić information content (AvgIpc) is 2.60. The molecule has 0 aliphatic rings. The lowest BCUT2D eigenvalue weighted by molar-refractivity contribution is -0.115. The molecule has 120 valence electrons. The van der Waals surface area contributed by atoms with Gasteiger partial charge in [0.05, 0.1) is 0 Å². The number of carbonyl (C=O) groups excluding carboxylic acids is 1. The zero-order chi connectivity index (χ0) is 17.1. The lowest BCUT2D eigenvalue weighted by Crippen LogP contribution is -2.13. The van der Waals surface area contributed by atoms with Crippen molar-refractivity contribution in [3.05, 3.63) is 66.2 Å². The van der Waals surface area contributed by atoms with Gasteiger partial charge in [0, 0.05) is 18.7 Å². The zero-order valence-corrected chi connectivity index (χ0v) is 13.2. The predicted molar refractivity (Wildman–Crippen MR) is 95.8 cm³/mol. The lowest BCUT2D eigenvalue weighted by atomic mass is 9.97. The van der Waals surface area contributed by atoms with Crippen LogP contribution in [0.3, 0.4) is 0 Å². The van der Waals surface area contributed by atoms with Gasteiger partial charge in [-0.05, 0) is 52.2 Å². The van der Waals surface area contributed by atoms with Gasteiger partial charge >= 0.3 is 0 Å². The van der Waals surface area contributed by atoms with Crippen LogP contribution in [0.25, 0.3) is 28.0 Å². The van der Waals surface area contributed by atoms with Crippen LogP contribution in [0.15, 0.2) is 60.7 Å². The molecule has 3 aromatic carbocycles. The molecule has 4 nitrogen and oxygen atoms in total. The van der Waals surface area contributed by atoms with Crippen LogP contribution < -0.4 is 5.32 Å². The van der Waals surface area contributed by atoms with Crippen molar-refractivity contribution < 1.29 is 15.0 Å². The molecule has 0 heterocycles. The topological polar surface area (TPSA) is 69.6 Å². The SMILES string of the molecule is CNC(=O)/C=C/c1c(O)ccc2cc(-c3cccc(O)c3)ccc12. The van der Waals surface area contributed by atoms with Crippen molar-refractivity contribution in [2.45, 2.75) is 0 Å². The summed E-state index contributed by atoms with van der Waals surface area (Å²) in [6.07, 6.45) is 2.99. The van der Waals surface area contributed by atoms with Crippen molar-refractivity contribution in [2.75, 3.05) is 7.05 Å². The Morgan fingerprint density at radius 3 is 2.54 bits per heavy atom. The Morgan fingerprint density at radius 2 is 1.79 bits per heavy atom. The van der Waals surface area contributed by atoms with Gasteiger partial charge in [-0.25, -0.2) is 0 Å². The second-order valence-corrected chi connectivity index (χ2v) is 5.43. The van der Waals surface area contributed by atoms with Crippen LogP contribution in [0.1, 0.15) is 5.56 Å². The quantitative estimate of drug-likeness (QED) is 0.645. The second kappa shape index (κ2) is 6.46. The summed E-state index contributed by atoms with van der Waals surface area (Å²) in [6, 6.07) is 16.3. The number of carbonyl (C=O) groups is 1. The molecule has 0 atom stereocenters. The minimum atomic E-state index is -0.234. The predicted octanol–water partition coefficient (Wildman–Crippen LogP) is 3.68. The van der Waals surface area contributed by atoms with E-state index in [4.69, 9.17) is 0 Å². The lowest BCUT2D eigenvalue weighted by Gasteiger charge is -2.08. The molecule has 0 saturated heterocycles. The number of benzene rings is 3. The third-order valence-corrected chi connectivity index (χ3v) is 3.87. The molecule has 24 heavy (non-hydrogen) atoms. The van der Waals surface area contributed by atoms with E-state index in [0.29, 0.717) is 5.56 Å². The van der Waals surface area contributed by atoms with Crippen molar-refractivity contribution in [2.24, 2.45) is 0 Å². The van der Waals surface area contributed by atoms with E-state index in [1.54, 1.807) is 37.4 Å². The maximum Gasteiger partial charge on any atom is 0.243 e. The third-order valence-electron chi connectivity index (χ3n) is 3.87. The van der Waals surface area contributed by atoms with E-state index in [2.05, 4.69) is 5.32 Å². The Hall–Kier alpha value is -3.27. The number of nitrogens with one attached hydrogen (secondary N) is 1. The van der Waals surface area contributed by atoms with E-state index in [9.17, 15) is 15.0 Å². The molecule has 3 rings (SSSR count). The first kappa shape index (κ1) is 15.6. The molecule has 3 aromatic rings. The average molecular weight is 319 g/mol. The summed E-state index contributed by atoms with van der Waals surface area (Å²) in [7, 11) is 1.55. The third kappa shape index (κ3) is 3.08. The van der Waals surface area contributed by atoms with Crippen molar-refractivity contribution >= 4 is 22.8 Å². The minimum absolute atomic E-state index is 0.118. The first-order chi connectivity index (χ1) is 11.6. The minimum Gasteiger partial charge on any atom is -0.508 e. The monoisotopic (exact) mass is 319 g/mol. The summed E-state index contributed by atoms with van der Waals surface area (Å²) in [5.74, 6) is 0.100. The Kier molecular flexibility index (Phi) is 4.20. The summed E-state index contributed by atoms with van der Waals surface area (Å²) in [5, 5.41) is 24.0. The molecule has 0 saturated carbocycles. The van der Waals surface area contributed by atoms with Crippen molar-refractivity contribution in [3.8, 4) is 22.6 Å². The first-order valence-electron chi connectivity index (χ1n) is 7.53. The van der Waals surface area contributed by atoms with E-state index >= 15 is 0 Å². The summed E-state index contributed by atoms with van der Waals surface area (Å²) in [5.41, 5.74) is 2.47. The number of rotatable bonds is 3. The van der Waals surface area contributed by atoms with Gasteiger partial charge in [0.15, 0.2) is 0 Å². The zero-order valence-electron chi connectivity index (χ0n) is 13.2. The molecule has 0 spiro atoms. The number of likely N-dealkylation sites (N-methyl/N-ethyl adjacent to an activating group) is 1. The molecule has 0 unspecified atom stereocenters. The fourth-order valence-corrected chi connectivity index (χ4v) is 2.62. The van der Waals surface area contributed by atoms with E-state index in [0.717, 1.165) is 21.9 Å². The van der Waals surface area contributed by atoms with Crippen molar-refractivity contribution in [1.82, 2.24) is 5.32 Å². The van der Waals surface area contributed by atoms with Crippen molar-refractivity contribution in [1.29, 1.82) is 0 Å². The van der Waals surface area contributed by atoms with Crippen LogP contribution in [0.4, 0.5) is 0 Å². The van der Waals surface area contributed by atoms with Gasteiger partial charge < -0.3 is 15.5 Å². The van der Waals surface area contributed by atoms with Crippen LogP contribution >= 0.6 is 0 Å². The smallest absolute Gasteiger partial charge is 0.243 e. The molecule has 0 fully saturated rings. The number of hydrogen-bond acceptors (Lipinski definition) is 3. The normalized spacial score (nSPS) is 11.0. The van der Waals surface area contributed by atoms with E-state index < -0.39 is 0 Å². The van der Waals surface area contributed by atoms with Crippen LogP contribution in [0.2, 0.25) is 0 Å². The van der Waals surface area contributed by atoms with Crippen LogP contribution in [0.5, 0.6) is 11.5 Å². The fourth-order valence-electron chi connectivity index (χ4n) is 2.62. The van der Waals surface area contributed by atoms with Crippen LogP contribution in [0, 0.1) is 0 Å². The molecule has 1 amide bonds. The summed E-state index contributed by atoms with van der Waals surface area (Å²) < 4.78 is 0. The molecule has 0 bridgehead atoms.